The van der Waals surface area contributed by atoms with Gasteiger partial charge < -0.3 is 5.73 Å². The van der Waals surface area contributed by atoms with Crippen LogP contribution in [0.4, 0.5) is 0 Å². The average Bonchev–Trinajstić information content (AvgIpc) is 2.54. The van der Waals surface area contributed by atoms with E-state index in [4.69, 9.17) is 5.73 Å². The summed E-state index contributed by atoms with van der Waals surface area (Å²) in [5.74, 6) is 0.277. The van der Waals surface area contributed by atoms with Crippen LogP contribution in [0.25, 0.3) is 10.9 Å². The van der Waals surface area contributed by atoms with E-state index in [-0.39, 0.29) is 11.8 Å². The van der Waals surface area contributed by atoms with Crippen molar-refractivity contribution in [2.45, 2.75) is 31.6 Å². The number of hydrogen-bond donors (Lipinski definition) is 1. The predicted octanol–water partition coefficient (Wildman–Crippen LogP) is 2.12. The molecule has 1 saturated heterocycles. The quantitative estimate of drug-likeness (QED) is 0.930. The van der Waals surface area contributed by atoms with Crippen molar-refractivity contribution in [3.8, 4) is 0 Å². The third-order valence-electron chi connectivity index (χ3n) is 4.72. The van der Waals surface area contributed by atoms with Crippen molar-refractivity contribution in [3.63, 3.8) is 0 Å². The Bertz CT molecular complexity index is 786. The number of aromatic nitrogens is 1. The molecule has 0 spiro atoms. The van der Waals surface area contributed by atoms with Crippen molar-refractivity contribution < 1.29 is 8.42 Å². The lowest BCUT2D eigenvalue weighted by molar-refractivity contribution is 0.192. The highest BCUT2D eigenvalue weighted by Crippen LogP contribution is 2.28. The van der Waals surface area contributed by atoms with Crippen molar-refractivity contribution in [2.24, 2.45) is 11.7 Å². The molecule has 0 saturated carbocycles. The second-order valence-corrected chi connectivity index (χ2v) is 8.20. The van der Waals surface area contributed by atoms with Crippen molar-refractivity contribution >= 4 is 20.9 Å². The van der Waals surface area contributed by atoms with E-state index in [1.54, 1.807) is 10.5 Å². The highest BCUT2D eigenvalue weighted by Gasteiger charge is 2.35. The molecular weight excluding hydrogens is 310 g/mol. The first kappa shape index (κ1) is 16.4. The molecule has 0 radical (unpaired) electrons. The number of rotatable bonds is 4. The van der Waals surface area contributed by atoms with Gasteiger partial charge in [0.2, 0.25) is 10.0 Å². The van der Waals surface area contributed by atoms with Crippen LogP contribution in [0.5, 0.6) is 0 Å². The Kier molecular flexibility index (Phi) is 4.66. The molecule has 2 atom stereocenters. The summed E-state index contributed by atoms with van der Waals surface area (Å²) in [5, 5.41) is 0.961. The van der Waals surface area contributed by atoms with Gasteiger partial charge in [-0.25, -0.2) is 8.42 Å². The van der Waals surface area contributed by atoms with Gasteiger partial charge in [-0.3, -0.25) is 4.98 Å². The third-order valence-corrected chi connectivity index (χ3v) is 6.56. The number of benzene rings is 1. The minimum Gasteiger partial charge on any atom is -0.329 e. The van der Waals surface area contributed by atoms with Crippen LogP contribution in [0.1, 0.15) is 25.3 Å². The minimum absolute atomic E-state index is 0.0232. The van der Waals surface area contributed by atoms with E-state index in [0.717, 1.165) is 29.3 Å². The molecule has 2 heterocycles. The topological polar surface area (TPSA) is 76.3 Å². The summed E-state index contributed by atoms with van der Waals surface area (Å²) < 4.78 is 27.5. The summed E-state index contributed by atoms with van der Waals surface area (Å²) in [6.45, 7) is 3.01. The van der Waals surface area contributed by atoms with Gasteiger partial charge in [0.15, 0.2) is 0 Å². The zero-order chi connectivity index (χ0) is 16.4. The Morgan fingerprint density at radius 1 is 1.30 bits per heavy atom. The van der Waals surface area contributed by atoms with Gasteiger partial charge in [-0.1, -0.05) is 31.2 Å². The zero-order valence-corrected chi connectivity index (χ0v) is 14.2. The predicted molar refractivity (Wildman–Crippen MR) is 92.3 cm³/mol. The number of piperidine rings is 1. The van der Waals surface area contributed by atoms with Crippen molar-refractivity contribution in [3.05, 3.63) is 42.1 Å². The molecule has 1 aromatic carbocycles. The van der Waals surface area contributed by atoms with E-state index < -0.39 is 10.0 Å². The van der Waals surface area contributed by atoms with Crippen LogP contribution in [0.2, 0.25) is 0 Å². The van der Waals surface area contributed by atoms with E-state index >= 15 is 0 Å². The van der Waals surface area contributed by atoms with Gasteiger partial charge in [0.05, 0.1) is 11.3 Å². The maximum Gasteiger partial charge on any atom is 0.218 e. The second-order valence-electron chi connectivity index (χ2n) is 6.28. The Morgan fingerprint density at radius 3 is 2.87 bits per heavy atom. The molecule has 2 N–H and O–H groups in total. The smallest absolute Gasteiger partial charge is 0.218 e. The van der Waals surface area contributed by atoms with Crippen LogP contribution in [-0.4, -0.2) is 36.8 Å². The lowest BCUT2D eigenvalue weighted by atomic mass is 9.93. The van der Waals surface area contributed by atoms with Crippen molar-refractivity contribution in [1.29, 1.82) is 0 Å². The number of hydrogen-bond acceptors (Lipinski definition) is 4. The molecule has 124 valence electrons. The van der Waals surface area contributed by atoms with Crippen molar-refractivity contribution in [1.82, 2.24) is 9.29 Å². The SMILES string of the molecule is C[C@H]1CCCN(S(=O)(=O)Cc2cccc3cccnc23)[C@@H]1CN. The number of sulfonamides is 1. The van der Waals surface area contributed by atoms with E-state index in [9.17, 15) is 8.42 Å². The molecule has 1 aromatic heterocycles. The Balaban J connectivity index is 1.94. The Labute approximate surface area is 137 Å². The van der Waals surface area contributed by atoms with Gasteiger partial charge in [-0.15, -0.1) is 0 Å². The highest BCUT2D eigenvalue weighted by atomic mass is 32.2. The fourth-order valence-electron chi connectivity index (χ4n) is 3.47. The lowest BCUT2D eigenvalue weighted by Gasteiger charge is -2.38. The molecule has 0 aliphatic carbocycles. The summed E-state index contributed by atoms with van der Waals surface area (Å²) >= 11 is 0. The molecule has 0 amide bonds. The third kappa shape index (κ3) is 3.24. The van der Waals surface area contributed by atoms with Gasteiger partial charge >= 0.3 is 0 Å². The van der Waals surface area contributed by atoms with Crippen LogP contribution in [-0.2, 0) is 15.8 Å². The van der Waals surface area contributed by atoms with Crippen LogP contribution >= 0.6 is 0 Å². The maximum absolute atomic E-state index is 13.0. The number of nitrogens with zero attached hydrogens (tertiary/aromatic N) is 2. The minimum atomic E-state index is -3.41. The number of pyridine rings is 1. The molecule has 23 heavy (non-hydrogen) atoms. The van der Waals surface area contributed by atoms with Gasteiger partial charge in [0.25, 0.3) is 0 Å². The first-order valence-corrected chi connectivity index (χ1v) is 9.66. The molecule has 2 aromatic rings. The van der Waals surface area contributed by atoms with Gasteiger partial charge in [0, 0.05) is 30.7 Å². The first-order valence-electron chi connectivity index (χ1n) is 8.05. The molecule has 6 heteroatoms. The highest BCUT2D eigenvalue weighted by molar-refractivity contribution is 7.88. The summed E-state index contributed by atoms with van der Waals surface area (Å²) in [4.78, 5) is 4.36. The number of para-hydroxylation sites is 1. The Hall–Kier alpha value is -1.50. The van der Waals surface area contributed by atoms with Gasteiger partial charge in [-0.2, -0.15) is 4.31 Å². The zero-order valence-electron chi connectivity index (χ0n) is 13.4. The molecule has 1 fully saturated rings. The molecular formula is C17H23N3O2S. The molecule has 5 nitrogen and oxygen atoms in total. The fourth-order valence-corrected chi connectivity index (χ4v) is 5.38. The van der Waals surface area contributed by atoms with Crippen LogP contribution < -0.4 is 5.73 Å². The number of fused-ring (bicyclic) bond motifs is 1. The van der Waals surface area contributed by atoms with E-state index in [1.807, 2.05) is 30.3 Å². The molecule has 0 bridgehead atoms. The van der Waals surface area contributed by atoms with E-state index in [1.165, 1.54) is 0 Å². The van der Waals surface area contributed by atoms with E-state index in [0.29, 0.717) is 19.0 Å². The van der Waals surface area contributed by atoms with Gasteiger partial charge in [-0.05, 0) is 30.4 Å². The molecule has 3 rings (SSSR count). The van der Waals surface area contributed by atoms with Crippen molar-refractivity contribution in [2.75, 3.05) is 13.1 Å². The molecule has 1 aliphatic heterocycles. The van der Waals surface area contributed by atoms with Crippen LogP contribution in [0, 0.1) is 5.92 Å². The summed E-state index contributed by atoms with van der Waals surface area (Å²) in [7, 11) is -3.41. The largest absolute Gasteiger partial charge is 0.329 e. The summed E-state index contributed by atoms with van der Waals surface area (Å²) in [6.07, 6.45) is 3.62. The first-order chi connectivity index (χ1) is 11.0. The fraction of sp³-hybridized carbons (Fsp3) is 0.471. The van der Waals surface area contributed by atoms with Gasteiger partial charge in [0.1, 0.15) is 0 Å². The second kappa shape index (κ2) is 6.55. The Morgan fingerprint density at radius 2 is 2.09 bits per heavy atom. The average molecular weight is 333 g/mol. The van der Waals surface area contributed by atoms with E-state index in [2.05, 4.69) is 11.9 Å². The van der Waals surface area contributed by atoms with Crippen LogP contribution in [0.3, 0.4) is 0 Å². The molecule has 1 aliphatic rings. The lowest BCUT2D eigenvalue weighted by Crippen LogP contribution is -2.51. The maximum atomic E-state index is 13.0. The normalized spacial score (nSPS) is 23.2. The number of nitrogens with two attached hydrogens (primary N) is 1. The monoisotopic (exact) mass is 333 g/mol. The summed E-state index contributed by atoms with van der Waals surface area (Å²) in [6, 6.07) is 9.38. The standard InChI is InChI=1S/C17H23N3O2S/c1-13-5-4-10-20(16(13)11-18)23(21,22)12-15-7-2-6-14-8-3-9-19-17(14)15/h2-3,6-9,13,16H,4-5,10-12,18H2,1H3/t13-,16+/m0/s1. The van der Waals surface area contributed by atoms with Crippen LogP contribution in [0.15, 0.2) is 36.5 Å². The molecule has 0 unspecified atom stereocenters. The summed E-state index contributed by atoms with van der Waals surface area (Å²) in [5.41, 5.74) is 7.35.